The topological polar surface area (TPSA) is 84.5 Å². The number of aromatic nitrogens is 3. The van der Waals surface area contributed by atoms with Gasteiger partial charge in [0.2, 0.25) is 0 Å². The second-order valence-electron chi connectivity index (χ2n) is 8.96. The van der Waals surface area contributed by atoms with Crippen LogP contribution in [0.3, 0.4) is 0 Å². The molecule has 1 N–H and O–H groups in total. The van der Waals surface area contributed by atoms with Gasteiger partial charge in [0.1, 0.15) is 11.6 Å². The van der Waals surface area contributed by atoms with Crippen LogP contribution in [-0.2, 0) is 11.3 Å². The van der Waals surface area contributed by atoms with Crippen molar-refractivity contribution < 1.29 is 14.4 Å². The number of aliphatic hydroxyl groups is 1. The molecule has 0 saturated carbocycles. The van der Waals surface area contributed by atoms with E-state index in [1.807, 2.05) is 37.4 Å². The van der Waals surface area contributed by atoms with Crippen LogP contribution in [-0.4, -0.2) is 40.0 Å². The van der Waals surface area contributed by atoms with E-state index in [9.17, 15) is 5.11 Å². The Morgan fingerprint density at radius 1 is 1.06 bits per heavy atom. The molecule has 0 amide bonds. The minimum atomic E-state index is 0.00540. The van der Waals surface area contributed by atoms with E-state index in [2.05, 4.69) is 46.5 Å². The van der Waals surface area contributed by atoms with Crippen molar-refractivity contribution in [1.29, 1.82) is 0 Å². The van der Waals surface area contributed by atoms with Crippen molar-refractivity contribution in [3.63, 3.8) is 0 Å². The molecule has 1 fully saturated rings. The van der Waals surface area contributed by atoms with Crippen LogP contribution in [0.15, 0.2) is 64.5 Å². The quantitative estimate of drug-likeness (QED) is 0.333. The van der Waals surface area contributed by atoms with Gasteiger partial charge in [0, 0.05) is 33.3 Å². The third kappa shape index (κ3) is 4.07. The minimum Gasteiger partial charge on any atom is -0.391 e. The lowest BCUT2D eigenvalue weighted by Gasteiger charge is -2.37. The molecule has 1 atom stereocenters. The Labute approximate surface area is 213 Å². The summed E-state index contributed by atoms with van der Waals surface area (Å²) >= 11 is 1.51. The molecule has 0 radical (unpaired) electrons. The monoisotopic (exact) mass is 498 g/mol. The summed E-state index contributed by atoms with van der Waals surface area (Å²) in [5, 5.41) is 16.7. The van der Waals surface area contributed by atoms with Crippen molar-refractivity contribution in [3.05, 3.63) is 81.9 Å². The largest absolute Gasteiger partial charge is 0.391 e. The lowest BCUT2D eigenvalue weighted by Crippen LogP contribution is -2.40. The van der Waals surface area contributed by atoms with E-state index in [1.54, 1.807) is 0 Å². The highest BCUT2D eigenvalue weighted by Crippen LogP contribution is 2.38. The highest BCUT2D eigenvalue weighted by molar-refractivity contribution is 7.10. The second kappa shape index (κ2) is 9.46. The number of benzene rings is 2. The van der Waals surface area contributed by atoms with E-state index in [-0.39, 0.29) is 12.6 Å². The standard InChI is InChI=1S/C28H26N4O3S/c1-17-26(18(2)35-31-17)20-8-9-24-23(13-20)28(30-27(29-24)21-12-22(14-33)36-16-21)32-10-11-34-15-25(32)19-6-4-3-5-7-19/h3-9,12-13,16,25,33H,10-11,14-15H2,1-2H3. The minimum absolute atomic E-state index is 0.00540. The highest BCUT2D eigenvalue weighted by Gasteiger charge is 2.28. The Morgan fingerprint density at radius 3 is 2.67 bits per heavy atom. The Bertz CT molecular complexity index is 1510. The maximum absolute atomic E-state index is 9.59. The van der Waals surface area contributed by atoms with Crippen molar-refractivity contribution in [1.82, 2.24) is 15.1 Å². The van der Waals surface area contributed by atoms with Crippen LogP contribution in [0.2, 0.25) is 0 Å². The molecule has 8 heteroatoms. The Kier molecular flexibility index (Phi) is 6.00. The molecular formula is C28H26N4O3S. The van der Waals surface area contributed by atoms with Crippen molar-refractivity contribution in [2.75, 3.05) is 24.7 Å². The molecule has 182 valence electrons. The summed E-state index contributed by atoms with van der Waals surface area (Å²) in [6.45, 7) is 5.82. The lowest BCUT2D eigenvalue weighted by atomic mass is 10.0. The number of hydrogen-bond donors (Lipinski definition) is 1. The van der Waals surface area contributed by atoms with E-state index < -0.39 is 0 Å². The van der Waals surface area contributed by atoms with Crippen LogP contribution in [0.5, 0.6) is 0 Å². The van der Waals surface area contributed by atoms with Gasteiger partial charge in [-0.1, -0.05) is 41.6 Å². The van der Waals surface area contributed by atoms with E-state index >= 15 is 0 Å². The molecule has 2 aromatic carbocycles. The molecular weight excluding hydrogens is 472 g/mol. The number of thiophene rings is 1. The molecule has 36 heavy (non-hydrogen) atoms. The van der Waals surface area contributed by atoms with Gasteiger partial charge in [-0.3, -0.25) is 0 Å². The van der Waals surface area contributed by atoms with E-state index in [4.69, 9.17) is 19.2 Å². The fourth-order valence-corrected chi connectivity index (χ4v) is 5.62. The number of aryl methyl sites for hydroxylation is 2. The van der Waals surface area contributed by atoms with Crippen LogP contribution in [0, 0.1) is 13.8 Å². The number of anilines is 1. The average molecular weight is 499 g/mol. The number of nitrogens with zero attached hydrogens (tertiary/aromatic N) is 4. The normalized spacial score (nSPS) is 16.1. The molecule has 1 aliphatic rings. The SMILES string of the molecule is Cc1noc(C)c1-c1ccc2nc(-c3csc(CO)c3)nc(N3CCOCC3c3ccccc3)c2c1. The number of aliphatic hydroxyl groups excluding tert-OH is 1. The fraction of sp³-hybridized carbons (Fsp3) is 0.250. The second-order valence-corrected chi connectivity index (χ2v) is 9.95. The summed E-state index contributed by atoms with van der Waals surface area (Å²) in [5.41, 5.74) is 5.84. The Hall–Kier alpha value is -3.59. The highest BCUT2D eigenvalue weighted by atomic mass is 32.1. The van der Waals surface area contributed by atoms with Crippen molar-refractivity contribution in [2.24, 2.45) is 0 Å². The third-order valence-electron chi connectivity index (χ3n) is 6.65. The van der Waals surface area contributed by atoms with Gasteiger partial charge in [0.25, 0.3) is 0 Å². The van der Waals surface area contributed by atoms with E-state index in [1.165, 1.54) is 16.9 Å². The first-order valence-electron chi connectivity index (χ1n) is 12.0. The summed E-state index contributed by atoms with van der Waals surface area (Å²) in [7, 11) is 0. The van der Waals surface area contributed by atoms with Crippen LogP contribution in [0.25, 0.3) is 33.4 Å². The van der Waals surface area contributed by atoms with Crippen LogP contribution in [0.4, 0.5) is 5.82 Å². The zero-order valence-electron chi connectivity index (χ0n) is 20.1. The molecule has 5 aromatic rings. The maximum Gasteiger partial charge on any atom is 0.163 e. The van der Waals surface area contributed by atoms with Crippen LogP contribution < -0.4 is 4.90 Å². The van der Waals surface area contributed by atoms with Gasteiger partial charge >= 0.3 is 0 Å². The van der Waals surface area contributed by atoms with Crippen LogP contribution in [0.1, 0.15) is 27.9 Å². The molecule has 1 aliphatic heterocycles. The van der Waals surface area contributed by atoms with Gasteiger partial charge in [0.05, 0.1) is 37.1 Å². The van der Waals surface area contributed by atoms with Crippen molar-refractivity contribution in [3.8, 4) is 22.5 Å². The molecule has 3 aromatic heterocycles. The predicted octanol–water partition coefficient (Wildman–Crippen LogP) is 5.70. The van der Waals surface area contributed by atoms with Gasteiger partial charge in [-0.2, -0.15) is 0 Å². The van der Waals surface area contributed by atoms with Gasteiger partial charge in [-0.25, -0.2) is 9.97 Å². The van der Waals surface area contributed by atoms with Crippen molar-refractivity contribution >= 4 is 28.1 Å². The molecule has 4 heterocycles. The molecule has 0 bridgehead atoms. The Balaban J connectivity index is 1.56. The van der Waals surface area contributed by atoms with E-state index in [0.29, 0.717) is 25.6 Å². The lowest BCUT2D eigenvalue weighted by molar-refractivity contribution is 0.0939. The molecule has 6 rings (SSSR count). The number of ether oxygens (including phenoxy) is 1. The molecule has 1 saturated heterocycles. The zero-order valence-corrected chi connectivity index (χ0v) is 21.0. The van der Waals surface area contributed by atoms with Gasteiger partial charge in [0.15, 0.2) is 5.82 Å². The first-order valence-corrected chi connectivity index (χ1v) is 12.8. The molecule has 0 aliphatic carbocycles. The van der Waals surface area contributed by atoms with Gasteiger partial charge < -0.3 is 19.3 Å². The summed E-state index contributed by atoms with van der Waals surface area (Å²) < 4.78 is 11.4. The smallest absolute Gasteiger partial charge is 0.163 e. The Morgan fingerprint density at radius 2 is 1.92 bits per heavy atom. The number of fused-ring (bicyclic) bond motifs is 1. The van der Waals surface area contributed by atoms with Gasteiger partial charge in [-0.15, -0.1) is 11.3 Å². The molecule has 7 nitrogen and oxygen atoms in total. The first kappa shape index (κ1) is 22.8. The first-order chi connectivity index (χ1) is 17.6. The fourth-order valence-electron chi connectivity index (χ4n) is 4.90. The zero-order chi connectivity index (χ0) is 24.6. The number of hydrogen-bond acceptors (Lipinski definition) is 8. The molecule has 0 spiro atoms. The summed E-state index contributed by atoms with van der Waals surface area (Å²) in [5.74, 6) is 2.31. The number of rotatable bonds is 5. The van der Waals surface area contributed by atoms with E-state index in [0.717, 1.165) is 49.7 Å². The average Bonchev–Trinajstić information content (AvgIpc) is 3.54. The summed E-state index contributed by atoms with van der Waals surface area (Å²) in [4.78, 5) is 13.3. The predicted molar refractivity (Wildman–Crippen MR) is 141 cm³/mol. The van der Waals surface area contributed by atoms with Crippen molar-refractivity contribution in [2.45, 2.75) is 26.5 Å². The van der Waals surface area contributed by atoms with Gasteiger partial charge in [-0.05, 0) is 43.2 Å². The molecule has 1 unspecified atom stereocenters. The van der Waals surface area contributed by atoms with Crippen LogP contribution >= 0.6 is 11.3 Å². The summed E-state index contributed by atoms with van der Waals surface area (Å²) in [6.07, 6.45) is 0. The maximum atomic E-state index is 9.59. The third-order valence-corrected chi connectivity index (χ3v) is 7.57. The number of morpholine rings is 1. The summed E-state index contributed by atoms with van der Waals surface area (Å²) in [6, 6.07) is 18.7.